The number of aryl methyl sites for hydroxylation is 2. The predicted octanol–water partition coefficient (Wildman–Crippen LogP) is 2.97. The number of ether oxygens (including phenoxy) is 1. The Morgan fingerprint density at radius 3 is 2.83 bits per heavy atom. The van der Waals surface area contributed by atoms with Crippen molar-refractivity contribution in [1.82, 2.24) is 4.98 Å². The Balaban J connectivity index is 2.61. The van der Waals surface area contributed by atoms with Gasteiger partial charge in [-0.2, -0.15) is 0 Å². The maximum atomic E-state index is 10.5. The Hall–Kier alpha value is -1.81. The van der Waals surface area contributed by atoms with E-state index < -0.39 is 12.6 Å². The zero-order valence-electron chi connectivity index (χ0n) is 10.0. The van der Waals surface area contributed by atoms with E-state index in [1.165, 1.54) is 0 Å². The van der Waals surface area contributed by atoms with Crippen LogP contribution < -0.4 is 4.74 Å². The lowest BCUT2D eigenvalue weighted by atomic mass is 10.1. The summed E-state index contributed by atoms with van der Waals surface area (Å²) in [6.07, 6.45) is 0. The van der Waals surface area contributed by atoms with Crippen LogP contribution >= 0.6 is 11.6 Å². The van der Waals surface area contributed by atoms with Gasteiger partial charge >= 0.3 is 5.97 Å². The second-order valence-corrected chi connectivity index (χ2v) is 4.44. The van der Waals surface area contributed by atoms with E-state index in [-0.39, 0.29) is 0 Å². The van der Waals surface area contributed by atoms with E-state index in [2.05, 4.69) is 4.98 Å². The highest BCUT2D eigenvalue weighted by Crippen LogP contribution is 2.32. The number of nitrogens with zero attached hydrogens (tertiary/aromatic N) is 1. The molecule has 94 valence electrons. The van der Waals surface area contributed by atoms with Crippen molar-refractivity contribution in [2.24, 2.45) is 0 Å². The van der Waals surface area contributed by atoms with Gasteiger partial charge in [-0.25, -0.2) is 9.78 Å². The van der Waals surface area contributed by atoms with Crippen LogP contribution in [0.2, 0.25) is 5.02 Å². The minimum absolute atomic E-state index is 0.397. The van der Waals surface area contributed by atoms with Crippen molar-refractivity contribution in [3.05, 3.63) is 34.5 Å². The first kappa shape index (κ1) is 12.6. The highest BCUT2D eigenvalue weighted by atomic mass is 35.5. The summed E-state index contributed by atoms with van der Waals surface area (Å²) in [6.45, 7) is 3.41. The van der Waals surface area contributed by atoms with Crippen LogP contribution in [0, 0.1) is 13.8 Å². The van der Waals surface area contributed by atoms with Gasteiger partial charge in [0.1, 0.15) is 11.3 Å². The molecule has 0 unspecified atom stereocenters. The Bertz CT molecular complexity index is 625. The van der Waals surface area contributed by atoms with Crippen molar-refractivity contribution in [2.75, 3.05) is 6.61 Å². The highest BCUT2D eigenvalue weighted by molar-refractivity contribution is 6.35. The Morgan fingerprint density at radius 1 is 1.44 bits per heavy atom. The average molecular weight is 266 g/mol. The summed E-state index contributed by atoms with van der Waals surface area (Å²) in [4.78, 5) is 14.9. The zero-order chi connectivity index (χ0) is 13.3. The molecule has 0 fully saturated rings. The van der Waals surface area contributed by atoms with Crippen LogP contribution in [0.25, 0.3) is 10.9 Å². The third kappa shape index (κ3) is 2.38. The fraction of sp³-hybridized carbons (Fsp3) is 0.231. The lowest BCUT2D eigenvalue weighted by Crippen LogP contribution is -2.10. The number of rotatable bonds is 3. The molecule has 0 atom stereocenters. The lowest BCUT2D eigenvalue weighted by molar-refractivity contribution is -0.139. The SMILES string of the molecule is Cc1cc(C)c2c(Cl)ccc(OCC(=O)O)c2n1. The summed E-state index contributed by atoms with van der Waals surface area (Å²) in [7, 11) is 0. The van der Waals surface area contributed by atoms with Gasteiger partial charge in [0.2, 0.25) is 0 Å². The topological polar surface area (TPSA) is 59.4 Å². The minimum Gasteiger partial charge on any atom is -0.480 e. The van der Waals surface area contributed by atoms with Crippen molar-refractivity contribution in [3.63, 3.8) is 0 Å². The second kappa shape index (κ2) is 4.82. The highest BCUT2D eigenvalue weighted by Gasteiger charge is 2.11. The van der Waals surface area contributed by atoms with Crippen LogP contribution in [-0.2, 0) is 4.79 Å². The quantitative estimate of drug-likeness (QED) is 0.927. The molecule has 0 aliphatic carbocycles. The number of hydrogen-bond donors (Lipinski definition) is 1. The van der Waals surface area contributed by atoms with Crippen molar-refractivity contribution < 1.29 is 14.6 Å². The van der Waals surface area contributed by atoms with Crippen molar-refractivity contribution in [2.45, 2.75) is 13.8 Å². The Morgan fingerprint density at radius 2 is 2.17 bits per heavy atom. The van der Waals surface area contributed by atoms with Gasteiger partial charge in [-0.15, -0.1) is 0 Å². The molecular formula is C13H12ClNO3. The third-order valence-electron chi connectivity index (χ3n) is 2.55. The number of halogens is 1. The average Bonchev–Trinajstić information content (AvgIpc) is 2.26. The number of carboxylic acid groups (broad SMARTS) is 1. The van der Waals surface area contributed by atoms with Gasteiger partial charge in [-0.3, -0.25) is 0 Å². The maximum absolute atomic E-state index is 10.5. The number of aliphatic carboxylic acids is 1. The minimum atomic E-state index is -1.03. The Kier molecular flexibility index (Phi) is 3.39. The van der Waals surface area contributed by atoms with Crippen molar-refractivity contribution >= 4 is 28.5 Å². The van der Waals surface area contributed by atoms with Crippen LogP contribution in [0.3, 0.4) is 0 Å². The molecule has 1 N–H and O–H groups in total. The van der Waals surface area contributed by atoms with Gasteiger partial charge < -0.3 is 9.84 Å². The van der Waals surface area contributed by atoms with E-state index in [1.807, 2.05) is 19.9 Å². The van der Waals surface area contributed by atoms with Gasteiger partial charge in [0.25, 0.3) is 0 Å². The molecule has 0 aliphatic rings. The summed E-state index contributed by atoms with van der Waals surface area (Å²) >= 11 is 6.14. The number of benzene rings is 1. The Labute approximate surface area is 109 Å². The molecule has 5 heteroatoms. The molecule has 0 aliphatic heterocycles. The molecule has 0 spiro atoms. The number of fused-ring (bicyclic) bond motifs is 1. The largest absolute Gasteiger partial charge is 0.480 e. The molecule has 4 nitrogen and oxygen atoms in total. The molecule has 0 radical (unpaired) electrons. The van der Waals surface area contributed by atoms with Crippen LogP contribution in [-0.4, -0.2) is 22.7 Å². The number of aromatic nitrogens is 1. The predicted molar refractivity (Wildman–Crippen MR) is 69.4 cm³/mol. The van der Waals surface area contributed by atoms with Gasteiger partial charge in [-0.05, 0) is 37.6 Å². The molecule has 0 amide bonds. The fourth-order valence-electron chi connectivity index (χ4n) is 1.88. The molecule has 2 rings (SSSR count). The van der Waals surface area contributed by atoms with E-state index in [0.717, 1.165) is 16.6 Å². The van der Waals surface area contributed by atoms with E-state index >= 15 is 0 Å². The van der Waals surface area contributed by atoms with Gasteiger partial charge in [0.15, 0.2) is 6.61 Å². The zero-order valence-corrected chi connectivity index (χ0v) is 10.8. The summed E-state index contributed by atoms with van der Waals surface area (Å²) in [5, 5.41) is 10.0. The van der Waals surface area contributed by atoms with Gasteiger partial charge in [0.05, 0.1) is 5.02 Å². The van der Waals surface area contributed by atoms with E-state index in [0.29, 0.717) is 16.3 Å². The first-order valence-electron chi connectivity index (χ1n) is 5.40. The number of carbonyl (C=O) groups is 1. The number of pyridine rings is 1. The molecule has 1 aromatic heterocycles. The molecule has 2 aromatic rings. The molecule has 1 aromatic carbocycles. The van der Waals surface area contributed by atoms with Crippen LogP contribution in [0.5, 0.6) is 5.75 Å². The standard InChI is InChI=1S/C13H12ClNO3/c1-7-5-8(2)15-13-10(18-6-11(16)17)4-3-9(14)12(7)13/h3-5H,6H2,1-2H3,(H,16,17). The molecule has 0 bridgehead atoms. The number of hydrogen-bond acceptors (Lipinski definition) is 3. The first-order chi connectivity index (χ1) is 8.49. The van der Waals surface area contributed by atoms with E-state index in [4.69, 9.17) is 21.4 Å². The monoisotopic (exact) mass is 265 g/mol. The summed E-state index contributed by atoms with van der Waals surface area (Å²) in [6, 6.07) is 5.25. The lowest BCUT2D eigenvalue weighted by Gasteiger charge is -2.10. The third-order valence-corrected chi connectivity index (χ3v) is 2.86. The summed E-state index contributed by atoms with van der Waals surface area (Å²) in [5.41, 5.74) is 2.42. The van der Waals surface area contributed by atoms with Gasteiger partial charge in [-0.1, -0.05) is 11.6 Å². The van der Waals surface area contributed by atoms with Crippen LogP contribution in [0.1, 0.15) is 11.3 Å². The molecule has 0 saturated heterocycles. The fourth-order valence-corrected chi connectivity index (χ4v) is 2.19. The van der Waals surface area contributed by atoms with Crippen molar-refractivity contribution in [3.8, 4) is 5.75 Å². The van der Waals surface area contributed by atoms with E-state index in [1.54, 1.807) is 12.1 Å². The normalized spacial score (nSPS) is 10.6. The first-order valence-corrected chi connectivity index (χ1v) is 5.78. The molecular weight excluding hydrogens is 254 g/mol. The summed E-state index contributed by atoms with van der Waals surface area (Å²) in [5.74, 6) is -0.592. The summed E-state index contributed by atoms with van der Waals surface area (Å²) < 4.78 is 5.23. The smallest absolute Gasteiger partial charge is 0.341 e. The molecule has 1 heterocycles. The van der Waals surface area contributed by atoms with E-state index in [9.17, 15) is 4.79 Å². The second-order valence-electron chi connectivity index (χ2n) is 4.03. The van der Waals surface area contributed by atoms with Crippen LogP contribution in [0.4, 0.5) is 0 Å². The molecule has 0 saturated carbocycles. The van der Waals surface area contributed by atoms with Gasteiger partial charge in [0, 0.05) is 11.1 Å². The maximum Gasteiger partial charge on any atom is 0.341 e. The number of carboxylic acids is 1. The van der Waals surface area contributed by atoms with Crippen molar-refractivity contribution in [1.29, 1.82) is 0 Å². The molecule has 18 heavy (non-hydrogen) atoms. The van der Waals surface area contributed by atoms with Crippen LogP contribution in [0.15, 0.2) is 18.2 Å².